The van der Waals surface area contributed by atoms with Crippen molar-refractivity contribution in [3.8, 4) is 0 Å². The molecule has 1 aliphatic heterocycles. The SMILES string of the molecule is CC1(C)NC([C@H]2CC3(N(Cc4ccc(Cl)cc4)S(=O)(=O)c4ccccc4C(N)=O)CC2C3)=NC1C(=O)NCCC(F)(F)F. The van der Waals surface area contributed by atoms with Gasteiger partial charge in [-0.1, -0.05) is 35.9 Å². The van der Waals surface area contributed by atoms with Crippen LogP contribution in [0.5, 0.6) is 0 Å². The number of primary amides is 1. The minimum absolute atomic E-state index is 0.0294. The van der Waals surface area contributed by atoms with E-state index in [1.54, 1.807) is 44.2 Å². The van der Waals surface area contributed by atoms with Gasteiger partial charge < -0.3 is 16.4 Å². The lowest BCUT2D eigenvalue weighted by Crippen LogP contribution is -2.54. The molecule has 2 amide bonds. The molecule has 1 heterocycles. The molecule has 2 atom stereocenters. The molecule has 9 nitrogen and oxygen atoms in total. The predicted molar refractivity (Wildman–Crippen MR) is 155 cm³/mol. The zero-order valence-electron chi connectivity index (χ0n) is 23.6. The van der Waals surface area contributed by atoms with Crippen molar-refractivity contribution in [2.24, 2.45) is 22.6 Å². The Morgan fingerprint density at radius 3 is 2.40 bits per heavy atom. The average Bonchev–Trinajstić information content (AvgIpc) is 3.56. The van der Waals surface area contributed by atoms with E-state index in [1.165, 1.54) is 22.5 Å². The number of rotatable bonds is 10. The zero-order valence-corrected chi connectivity index (χ0v) is 25.2. The number of benzene rings is 2. The van der Waals surface area contributed by atoms with Crippen molar-refractivity contribution in [1.82, 2.24) is 14.9 Å². The topological polar surface area (TPSA) is 134 Å². The number of carbonyl (C=O) groups is 2. The molecule has 2 aromatic carbocycles. The van der Waals surface area contributed by atoms with E-state index in [4.69, 9.17) is 17.3 Å². The summed E-state index contributed by atoms with van der Waals surface area (Å²) in [5, 5.41) is 6.14. The number of nitrogens with zero attached hydrogens (tertiary/aromatic N) is 2. The van der Waals surface area contributed by atoms with Gasteiger partial charge >= 0.3 is 6.18 Å². The minimum atomic E-state index is -4.39. The third-order valence-electron chi connectivity index (χ3n) is 8.65. The molecule has 4 aliphatic rings. The third-order valence-corrected chi connectivity index (χ3v) is 10.9. The predicted octanol–water partition coefficient (Wildman–Crippen LogP) is 4.02. The normalized spacial score (nSPS) is 26.0. The number of hydrogen-bond acceptors (Lipinski definition) is 6. The van der Waals surface area contributed by atoms with Crippen LogP contribution in [0, 0.1) is 11.8 Å². The molecule has 2 aromatic rings. The summed E-state index contributed by atoms with van der Waals surface area (Å²) in [6, 6.07) is 11.7. The van der Waals surface area contributed by atoms with Crippen LogP contribution < -0.4 is 16.4 Å². The molecular formula is C29H33ClF3N5O4S. The minimum Gasteiger partial charge on any atom is -0.366 e. The van der Waals surface area contributed by atoms with Crippen LogP contribution in [0.1, 0.15) is 55.5 Å². The summed E-state index contributed by atoms with van der Waals surface area (Å²) in [7, 11) is -4.22. The molecule has 4 N–H and O–H groups in total. The molecule has 232 valence electrons. The fourth-order valence-corrected chi connectivity index (χ4v) is 8.69. The Kier molecular flexibility index (Phi) is 8.06. The second-order valence-electron chi connectivity index (χ2n) is 12.1. The number of carbonyl (C=O) groups excluding carboxylic acids is 2. The highest BCUT2D eigenvalue weighted by atomic mass is 35.5. The number of amidine groups is 1. The van der Waals surface area contributed by atoms with E-state index in [1.807, 2.05) is 0 Å². The van der Waals surface area contributed by atoms with E-state index in [9.17, 15) is 31.2 Å². The largest absolute Gasteiger partial charge is 0.390 e. The van der Waals surface area contributed by atoms with Crippen LogP contribution in [0.15, 0.2) is 58.4 Å². The number of fused-ring (bicyclic) bond motifs is 1. The van der Waals surface area contributed by atoms with Crippen LogP contribution in [-0.4, -0.2) is 60.2 Å². The Balaban J connectivity index is 1.43. The van der Waals surface area contributed by atoms with E-state index in [0.717, 1.165) is 0 Å². The number of halogens is 4. The maximum atomic E-state index is 14.3. The first kappa shape index (κ1) is 31.3. The van der Waals surface area contributed by atoms with E-state index in [0.29, 0.717) is 35.7 Å². The second-order valence-corrected chi connectivity index (χ2v) is 14.4. The lowest BCUT2D eigenvalue weighted by Gasteiger charge is -2.46. The van der Waals surface area contributed by atoms with Crippen LogP contribution in [0.25, 0.3) is 0 Å². The number of sulfonamides is 1. The van der Waals surface area contributed by atoms with Crippen LogP contribution in [0.3, 0.4) is 0 Å². The maximum absolute atomic E-state index is 14.3. The standard InChI is InChI=1S/C29H33ClF3N5O4S/c1-27(2)23(26(40)35-12-11-29(31,32)33)36-25(37-27)21-15-28(13-18(21)14-28)38(16-17-7-9-19(30)10-8-17)43(41,42)22-6-4-3-5-20(22)24(34)39/h3-10,18,21,23H,11-16H2,1-2H3,(H2,34,39)(H,35,40)(H,36,37)/t18?,21-,23?,28?/m0/s1. The molecular weight excluding hydrogens is 607 g/mol. The van der Waals surface area contributed by atoms with Crippen molar-refractivity contribution in [3.05, 3.63) is 64.7 Å². The fraction of sp³-hybridized carbons (Fsp3) is 0.483. The Morgan fingerprint density at radius 1 is 1.12 bits per heavy atom. The molecule has 2 bridgehead atoms. The number of hydrogen-bond donors (Lipinski definition) is 3. The highest BCUT2D eigenvalue weighted by Gasteiger charge is 2.63. The van der Waals surface area contributed by atoms with Gasteiger partial charge in [0.05, 0.1) is 22.4 Å². The molecule has 3 aliphatic carbocycles. The van der Waals surface area contributed by atoms with E-state index >= 15 is 0 Å². The average molecular weight is 640 g/mol. The van der Waals surface area contributed by atoms with Crippen molar-refractivity contribution < 1.29 is 31.2 Å². The van der Waals surface area contributed by atoms with Gasteiger partial charge in [-0.15, -0.1) is 0 Å². The van der Waals surface area contributed by atoms with Crippen molar-refractivity contribution in [1.29, 1.82) is 0 Å². The molecule has 0 spiro atoms. The zero-order chi connectivity index (χ0) is 31.4. The molecule has 0 radical (unpaired) electrons. The third kappa shape index (κ3) is 6.12. The summed E-state index contributed by atoms with van der Waals surface area (Å²) in [6.45, 7) is 3.00. The van der Waals surface area contributed by atoms with Crippen molar-refractivity contribution >= 4 is 39.3 Å². The quantitative estimate of drug-likeness (QED) is 0.361. The Morgan fingerprint density at radius 2 is 1.77 bits per heavy atom. The van der Waals surface area contributed by atoms with Crippen molar-refractivity contribution in [3.63, 3.8) is 0 Å². The maximum Gasteiger partial charge on any atom is 0.390 e. The first-order valence-electron chi connectivity index (χ1n) is 13.9. The summed E-state index contributed by atoms with van der Waals surface area (Å²) < 4.78 is 67.8. The highest BCUT2D eigenvalue weighted by molar-refractivity contribution is 7.89. The van der Waals surface area contributed by atoms with Gasteiger partial charge in [-0.2, -0.15) is 17.5 Å². The summed E-state index contributed by atoms with van der Waals surface area (Å²) >= 11 is 6.07. The Hall–Kier alpha value is -3.16. The van der Waals surface area contributed by atoms with Gasteiger partial charge in [0.1, 0.15) is 5.84 Å². The van der Waals surface area contributed by atoms with Crippen LogP contribution in [0.2, 0.25) is 5.02 Å². The van der Waals surface area contributed by atoms with Crippen LogP contribution >= 0.6 is 11.6 Å². The molecule has 1 unspecified atom stereocenters. The number of amides is 2. The van der Waals surface area contributed by atoms with Gasteiger partial charge in [0, 0.05) is 29.6 Å². The summed E-state index contributed by atoms with van der Waals surface area (Å²) in [4.78, 5) is 29.5. The number of aliphatic imine (C=N–C) groups is 1. The molecule has 43 heavy (non-hydrogen) atoms. The lowest BCUT2D eigenvalue weighted by molar-refractivity contribution is -0.136. The first-order chi connectivity index (χ1) is 20.0. The van der Waals surface area contributed by atoms with Crippen LogP contribution in [0.4, 0.5) is 13.2 Å². The number of alkyl halides is 3. The molecule has 3 saturated carbocycles. The molecule has 14 heteroatoms. The summed E-state index contributed by atoms with van der Waals surface area (Å²) in [6.07, 6.45) is -4.05. The highest BCUT2D eigenvalue weighted by Crippen LogP contribution is 2.60. The molecule has 0 saturated heterocycles. The number of nitrogens with two attached hydrogens (primary N) is 1. The molecule has 3 fully saturated rings. The van der Waals surface area contributed by atoms with Crippen molar-refractivity contribution in [2.75, 3.05) is 6.54 Å². The van der Waals surface area contributed by atoms with Gasteiger partial charge in [-0.25, -0.2) is 8.42 Å². The van der Waals surface area contributed by atoms with Gasteiger partial charge in [0.2, 0.25) is 21.8 Å². The fourth-order valence-electron chi connectivity index (χ4n) is 6.58. The molecule has 6 rings (SSSR count). The monoisotopic (exact) mass is 639 g/mol. The van der Waals surface area contributed by atoms with E-state index in [-0.39, 0.29) is 28.8 Å². The second kappa shape index (κ2) is 11.1. The lowest BCUT2D eigenvalue weighted by atomic mass is 9.76. The van der Waals surface area contributed by atoms with Gasteiger partial charge in [0.15, 0.2) is 6.04 Å². The Labute approximate surface area is 253 Å². The van der Waals surface area contributed by atoms with Gasteiger partial charge in [-0.3, -0.25) is 14.6 Å². The number of nitrogens with one attached hydrogen (secondary N) is 2. The van der Waals surface area contributed by atoms with Gasteiger partial charge in [0.25, 0.3) is 0 Å². The smallest absolute Gasteiger partial charge is 0.366 e. The first-order valence-corrected chi connectivity index (χ1v) is 15.7. The van der Waals surface area contributed by atoms with Gasteiger partial charge in [-0.05, 0) is 68.9 Å². The Bertz CT molecular complexity index is 1560. The molecule has 0 aromatic heterocycles. The summed E-state index contributed by atoms with van der Waals surface area (Å²) in [5.41, 5.74) is 4.51. The van der Waals surface area contributed by atoms with E-state index in [2.05, 4.69) is 15.6 Å². The van der Waals surface area contributed by atoms with Crippen molar-refractivity contribution in [2.45, 2.75) is 74.3 Å². The summed E-state index contributed by atoms with van der Waals surface area (Å²) in [5.74, 6) is -1.03. The van der Waals surface area contributed by atoms with Crippen LogP contribution in [-0.2, 0) is 21.4 Å². The van der Waals surface area contributed by atoms with E-state index < -0.39 is 58.1 Å².